The van der Waals surface area contributed by atoms with E-state index in [4.69, 9.17) is 0 Å². The summed E-state index contributed by atoms with van der Waals surface area (Å²) >= 11 is 3.33. The van der Waals surface area contributed by atoms with E-state index in [-0.39, 0.29) is 5.91 Å². The maximum Gasteiger partial charge on any atom is 0.261 e. The third kappa shape index (κ3) is 4.15. The lowest BCUT2D eigenvalue weighted by Gasteiger charge is -2.02. The van der Waals surface area contributed by atoms with Gasteiger partial charge in [0.25, 0.3) is 5.91 Å². The highest BCUT2D eigenvalue weighted by Crippen LogP contribution is 2.07. The Morgan fingerprint density at radius 2 is 2.43 bits per heavy atom. The Morgan fingerprint density at radius 3 is 3.07 bits per heavy atom. The Hall–Kier alpha value is -0.480. The maximum atomic E-state index is 11.4. The van der Waals surface area contributed by atoms with Crippen LogP contribution in [0.4, 0.5) is 0 Å². The molecule has 1 rings (SSSR count). The summed E-state index contributed by atoms with van der Waals surface area (Å²) in [6.07, 6.45) is 4.34. The van der Waals surface area contributed by atoms with Gasteiger partial charge in [-0.3, -0.25) is 4.79 Å². The summed E-state index contributed by atoms with van der Waals surface area (Å²) in [4.78, 5) is 12.2. The van der Waals surface area contributed by atoms with Gasteiger partial charge in [-0.25, -0.2) is 0 Å². The molecule has 0 radical (unpaired) electrons. The smallest absolute Gasteiger partial charge is 0.261 e. The van der Waals surface area contributed by atoms with Gasteiger partial charge >= 0.3 is 0 Å². The minimum atomic E-state index is 0.0594. The minimum absolute atomic E-state index is 0.0594. The highest BCUT2D eigenvalue weighted by Gasteiger charge is 2.03. The van der Waals surface area contributed by atoms with E-state index in [1.807, 2.05) is 29.3 Å². The summed E-state index contributed by atoms with van der Waals surface area (Å²) in [5.74, 6) is 1.23. The number of carbonyl (C=O) groups excluding carboxylic acids is 1. The second-order valence-corrected chi connectivity index (χ2v) is 4.87. The fourth-order valence-electron chi connectivity index (χ4n) is 1.07. The van der Waals surface area contributed by atoms with Crippen molar-refractivity contribution < 1.29 is 4.79 Å². The Balaban J connectivity index is 2.10. The van der Waals surface area contributed by atoms with Crippen molar-refractivity contribution in [1.29, 1.82) is 0 Å². The molecule has 0 aliphatic heterocycles. The monoisotopic (exact) mass is 229 g/mol. The van der Waals surface area contributed by atoms with Gasteiger partial charge in [0, 0.05) is 6.54 Å². The van der Waals surface area contributed by atoms with Crippen LogP contribution in [0.5, 0.6) is 0 Å². The lowest BCUT2D eigenvalue weighted by molar-refractivity contribution is 0.0957. The molecule has 1 N–H and O–H groups in total. The number of amides is 1. The van der Waals surface area contributed by atoms with Crippen molar-refractivity contribution in [3.8, 4) is 0 Å². The Bertz CT molecular complexity index is 259. The number of unbranched alkanes of at least 4 members (excludes halogenated alkanes) is 1. The molecule has 1 aromatic rings. The van der Waals surface area contributed by atoms with Crippen molar-refractivity contribution in [2.75, 3.05) is 18.6 Å². The van der Waals surface area contributed by atoms with Crippen molar-refractivity contribution in [3.63, 3.8) is 0 Å². The molecule has 78 valence electrons. The fraction of sp³-hybridized carbons (Fsp3) is 0.500. The summed E-state index contributed by atoms with van der Waals surface area (Å²) in [6, 6.07) is 3.75. The first-order valence-electron chi connectivity index (χ1n) is 4.65. The number of nitrogens with one attached hydrogen (secondary N) is 1. The van der Waals surface area contributed by atoms with Crippen LogP contribution in [0.25, 0.3) is 0 Å². The number of carbonyl (C=O) groups is 1. The summed E-state index contributed by atoms with van der Waals surface area (Å²) in [6.45, 7) is 0.789. The zero-order valence-corrected chi connectivity index (χ0v) is 9.92. The fourth-order valence-corrected chi connectivity index (χ4v) is 2.20. The molecular formula is C10H15NOS2. The average molecular weight is 229 g/mol. The molecule has 1 aromatic heterocycles. The summed E-state index contributed by atoms with van der Waals surface area (Å²) < 4.78 is 0. The van der Waals surface area contributed by atoms with Crippen molar-refractivity contribution in [2.24, 2.45) is 0 Å². The van der Waals surface area contributed by atoms with Crippen LogP contribution in [0.15, 0.2) is 17.5 Å². The van der Waals surface area contributed by atoms with Gasteiger partial charge in [0.1, 0.15) is 0 Å². The van der Waals surface area contributed by atoms with E-state index in [1.165, 1.54) is 23.5 Å². The van der Waals surface area contributed by atoms with Crippen LogP contribution in [0.2, 0.25) is 0 Å². The largest absolute Gasteiger partial charge is 0.351 e. The molecule has 0 aliphatic rings. The third-order valence-electron chi connectivity index (χ3n) is 1.81. The zero-order valence-electron chi connectivity index (χ0n) is 8.29. The lowest BCUT2D eigenvalue weighted by atomic mass is 10.3. The number of rotatable bonds is 6. The normalized spacial score (nSPS) is 10.1. The molecule has 4 heteroatoms. The van der Waals surface area contributed by atoms with Gasteiger partial charge in [0.2, 0.25) is 0 Å². The van der Waals surface area contributed by atoms with Gasteiger partial charge < -0.3 is 5.32 Å². The van der Waals surface area contributed by atoms with E-state index in [0.717, 1.165) is 17.8 Å². The topological polar surface area (TPSA) is 29.1 Å². The first-order valence-corrected chi connectivity index (χ1v) is 6.92. The molecule has 0 saturated heterocycles. The van der Waals surface area contributed by atoms with Crippen molar-refractivity contribution in [1.82, 2.24) is 5.32 Å². The molecule has 0 aliphatic carbocycles. The first-order chi connectivity index (χ1) is 6.84. The van der Waals surface area contributed by atoms with Crippen molar-refractivity contribution >= 4 is 29.0 Å². The van der Waals surface area contributed by atoms with Crippen LogP contribution < -0.4 is 5.32 Å². The van der Waals surface area contributed by atoms with Gasteiger partial charge in [-0.2, -0.15) is 11.8 Å². The molecule has 0 aromatic carbocycles. The molecule has 2 nitrogen and oxygen atoms in total. The van der Waals surface area contributed by atoms with Crippen LogP contribution >= 0.6 is 23.1 Å². The molecule has 0 saturated carbocycles. The first kappa shape index (κ1) is 11.6. The predicted molar refractivity (Wildman–Crippen MR) is 64.3 cm³/mol. The summed E-state index contributed by atoms with van der Waals surface area (Å²) in [7, 11) is 0. The third-order valence-corrected chi connectivity index (χ3v) is 3.37. The molecule has 0 bridgehead atoms. The Kier molecular flexibility index (Phi) is 5.71. The predicted octanol–water partition coefficient (Wildman–Crippen LogP) is 2.62. The standard InChI is InChI=1S/C10H15NOS2/c1-13-7-3-2-6-11-10(12)9-5-4-8-14-9/h4-5,8H,2-3,6-7H2,1H3,(H,11,12). The van der Waals surface area contributed by atoms with Gasteiger partial charge in [-0.1, -0.05) is 6.07 Å². The highest BCUT2D eigenvalue weighted by atomic mass is 32.2. The number of hydrogen-bond donors (Lipinski definition) is 1. The molecule has 0 unspecified atom stereocenters. The van der Waals surface area contributed by atoms with E-state index in [0.29, 0.717) is 0 Å². The molecule has 14 heavy (non-hydrogen) atoms. The second kappa shape index (κ2) is 6.90. The quantitative estimate of drug-likeness (QED) is 0.760. The van der Waals surface area contributed by atoms with Gasteiger partial charge in [0.05, 0.1) is 4.88 Å². The molecule has 1 amide bonds. The number of thioether (sulfide) groups is 1. The molecule has 1 heterocycles. The SMILES string of the molecule is CSCCCCNC(=O)c1cccs1. The number of thiophene rings is 1. The Morgan fingerprint density at radius 1 is 1.57 bits per heavy atom. The van der Waals surface area contributed by atoms with E-state index < -0.39 is 0 Å². The van der Waals surface area contributed by atoms with E-state index in [1.54, 1.807) is 0 Å². The van der Waals surface area contributed by atoms with Crippen molar-refractivity contribution in [3.05, 3.63) is 22.4 Å². The van der Waals surface area contributed by atoms with Crippen molar-refractivity contribution in [2.45, 2.75) is 12.8 Å². The van der Waals surface area contributed by atoms with E-state index in [9.17, 15) is 4.79 Å². The highest BCUT2D eigenvalue weighted by molar-refractivity contribution is 7.98. The van der Waals surface area contributed by atoms with Gasteiger partial charge in [0.15, 0.2) is 0 Å². The van der Waals surface area contributed by atoms with Gasteiger partial charge in [-0.15, -0.1) is 11.3 Å². The second-order valence-electron chi connectivity index (χ2n) is 2.93. The lowest BCUT2D eigenvalue weighted by Crippen LogP contribution is -2.23. The van der Waals surface area contributed by atoms with Gasteiger partial charge in [-0.05, 0) is 36.3 Å². The molecular weight excluding hydrogens is 214 g/mol. The van der Waals surface area contributed by atoms with Crippen LogP contribution in [0, 0.1) is 0 Å². The molecule has 0 spiro atoms. The van der Waals surface area contributed by atoms with Crippen LogP contribution in [-0.4, -0.2) is 24.5 Å². The van der Waals surface area contributed by atoms with Crippen LogP contribution in [0.3, 0.4) is 0 Å². The molecule has 0 fully saturated rings. The van der Waals surface area contributed by atoms with Crippen LogP contribution in [-0.2, 0) is 0 Å². The number of hydrogen-bond acceptors (Lipinski definition) is 3. The summed E-state index contributed by atoms with van der Waals surface area (Å²) in [5, 5.41) is 4.83. The average Bonchev–Trinajstić information content (AvgIpc) is 2.70. The zero-order chi connectivity index (χ0) is 10.2. The van der Waals surface area contributed by atoms with Crippen LogP contribution in [0.1, 0.15) is 22.5 Å². The molecule has 0 atom stereocenters. The summed E-state index contributed by atoms with van der Waals surface area (Å²) in [5.41, 5.74) is 0. The maximum absolute atomic E-state index is 11.4. The minimum Gasteiger partial charge on any atom is -0.351 e. The Labute approximate surface area is 93.1 Å². The van der Waals surface area contributed by atoms with E-state index >= 15 is 0 Å². The van der Waals surface area contributed by atoms with E-state index in [2.05, 4.69) is 11.6 Å².